The van der Waals surface area contributed by atoms with Crippen molar-refractivity contribution in [3.63, 3.8) is 0 Å². The molecule has 1 aliphatic carbocycles. The fourth-order valence-corrected chi connectivity index (χ4v) is 3.34. The summed E-state index contributed by atoms with van der Waals surface area (Å²) >= 11 is 0. The highest BCUT2D eigenvalue weighted by Gasteiger charge is 2.42. The van der Waals surface area contributed by atoms with Gasteiger partial charge >= 0.3 is 6.09 Å². The van der Waals surface area contributed by atoms with Gasteiger partial charge in [0.05, 0.1) is 12.0 Å². The van der Waals surface area contributed by atoms with E-state index >= 15 is 0 Å². The van der Waals surface area contributed by atoms with Crippen molar-refractivity contribution in [2.45, 2.75) is 65.4 Å². The Labute approximate surface area is 169 Å². The number of carbonyl (C=O) groups excluding carboxylic acids is 2. The lowest BCUT2D eigenvalue weighted by Gasteiger charge is -2.29. The lowest BCUT2D eigenvalue weighted by molar-refractivity contribution is -0.138. The van der Waals surface area contributed by atoms with Gasteiger partial charge in [-0.25, -0.2) is 4.79 Å². The maximum atomic E-state index is 12.7. The normalized spacial score (nSPS) is 16.4. The molecule has 8 heteroatoms. The molecule has 162 valence electrons. The van der Waals surface area contributed by atoms with E-state index in [9.17, 15) is 9.59 Å². The van der Waals surface area contributed by atoms with Crippen LogP contribution in [0.25, 0.3) is 0 Å². The van der Waals surface area contributed by atoms with Crippen molar-refractivity contribution in [2.24, 2.45) is 10.4 Å². The molecule has 0 bridgehead atoms. The number of guanidine groups is 1. The first kappa shape index (κ1) is 24.0. The van der Waals surface area contributed by atoms with Crippen molar-refractivity contribution in [1.82, 2.24) is 20.9 Å². The summed E-state index contributed by atoms with van der Waals surface area (Å²) in [6, 6.07) is 0. The average molecular weight is 398 g/mol. The third kappa shape index (κ3) is 8.35. The van der Waals surface area contributed by atoms with Gasteiger partial charge in [-0.3, -0.25) is 9.79 Å². The summed E-state index contributed by atoms with van der Waals surface area (Å²) < 4.78 is 5.21. The van der Waals surface area contributed by atoms with Crippen molar-refractivity contribution in [3.8, 4) is 0 Å². The molecule has 0 aromatic carbocycles. The summed E-state index contributed by atoms with van der Waals surface area (Å²) in [5.74, 6) is 0.878. The Morgan fingerprint density at radius 2 is 1.68 bits per heavy atom. The first-order chi connectivity index (χ1) is 13.1. The largest absolute Gasteiger partial charge is 0.444 e. The molecule has 8 nitrogen and oxygen atoms in total. The Kier molecular flexibility index (Phi) is 9.55. The molecule has 0 heterocycles. The van der Waals surface area contributed by atoms with Crippen LogP contribution in [-0.2, 0) is 9.53 Å². The maximum Gasteiger partial charge on any atom is 0.407 e. The number of hydrogen-bond donors (Lipinski definition) is 3. The molecular formula is C20H39N5O3. The van der Waals surface area contributed by atoms with Crippen LogP contribution in [0.2, 0.25) is 0 Å². The molecule has 0 atom stereocenters. The number of rotatable bonds is 8. The highest BCUT2D eigenvalue weighted by atomic mass is 16.6. The van der Waals surface area contributed by atoms with E-state index in [1.54, 1.807) is 4.90 Å². The Balaban J connectivity index is 2.49. The molecule has 2 amide bonds. The van der Waals surface area contributed by atoms with Crippen LogP contribution in [-0.4, -0.2) is 68.7 Å². The molecule has 0 aromatic heterocycles. The highest BCUT2D eigenvalue weighted by molar-refractivity contribution is 5.84. The molecule has 1 rings (SSSR count). The van der Waals surface area contributed by atoms with Crippen molar-refractivity contribution >= 4 is 18.0 Å². The van der Waals surface area contributed by atoms with Gasteiger partial charge in [0.15, 0.2) is 5.96 Å². The van der Waals surface area contributed by atoms with Gasteiger partial charge in [-0.15, -0.1) is 0 Å². The quantitative estimate of drug-likeness (QED) is 0.331. The van der Waals surface area contributed by atoms with Crippen LogP contribution in [0, 0.1) is 5.41 Å². The van der Waals surface area contributed by atoms with Crippen LogP contribution < -0.4 is 16.0 Å². The predicted octanol–water partition coefficient (Wildman–Crippen LogP) is 2.10. The van der Waals surface area contributed by atoms with E-state index in [4.69, 9.17) is 4.74 Å². The molecule has 1 saturated carbocycles. The van der Waals surface area contributed by atoms with E-state index in [1.165, 1.54) is 0 Å². The Morgan fingerprint density at radius 1 is 1.07 bits per heavy atom. The van der Waals surface area contributed by atoms with Crippen molar-refractivity contribution in [3.05, 3.63) is 0 Å². The summed E-state index contributed by atoms with van der Waals surface area (Å²) in [6.07, 6.45) is 4.29. The van der Waals surface area contributed by atoms with Crippen LogP contribution in [0.1, 0.15) is 59.8 Å². The van der Waals surface area contributed by atoms with Gasteiger partial charge in [-0.2, -0.15) is 0 Å². The van der Waals surface area contributed by atoms with E-state index in [-0.39, 0.29) is 11.3 Å². The fraction of sp³-hybridized carbons (Fsp3) is 0.850. The Hall–Kier alpha value is -1.99. The Morgan fingerprint density at radius 3 is 2.21 bits per heavy atom. The van der Waals surface area contributed by atoms with Gasteiger partial charge in [-0.05, 0) is 47.0 Å². The number of hydrogen-bond acceptors (Lipinski definition) is 4. The standard InChI is InChI=1S/C20H39N5O3/c1-7-21-17(22-13-10-14-23-18(27)28-19(2,3)4)24-15-20(11-8-9-12-20)16(26)25(5)6/h7-15H2,1-6H3,(H,23,27)(H2,21,22,24). The lowest BCUT2D eigenvalue weighted by atomic mass is 9.85. The van der Waals surface area contributed by atoms with Gasteiger partial charge in [0.2, 0.25) is 5.91 Å². The smallest absolute Gasteiger partial charge is 0.407 e. The number of aliphatic imine (C=N–C) groups is 1. The molecular weight excluding hydrogens is 358 g/mol. The number of alkyl carbamates (subject to hydrolysis) is 1. The second-order valence-corrected chi connectivity index (χ2v) is 8.59. The molecule has 3 N–H and O–H groups in total. The van der Waals surface area contributed by atoms with Crippen LogP contribution in [0.3, 0.4) is 0 Å². The summed E-state index contributed by atoms with van der Waals surface area (Å²) in [7, 11) is 3.63. The van der Waals surface area contributed by atoms with Crippen LogP contribution in [0.4, 0.5) is 4.79 Å². The zero-order valence-corrected chi connectivity index (χ0v) is 18.5. The molecule has 1 aliphatic rings. The SMILES string of the molecule is CCNC(=NCC1(C(=O)N(C)C)CCCC1)NCCCNC(=O)OC(C)(C)C. The summed E-state index contributed by atoms with van der Waals surface area (Å²) in [5, 5.41) is 9.24. The molecule has 1 fully saturated rings. The predicted molar refractivity (Wildman–Crippen MR) is 112 cm³/mol. The third-order valence-electron chi connectivity index (χ3n) is 4.62. The van der Waals surface area contributed by atoms with Crippen LogP contribution in [0.15, 0.2) is 4.99 Å². The van der Waals surface area contributed by atoms with Crippen molar-refractivity contribution in [1.29, 1.82) is 0 Å². The second-order valence-electron chi connectivity index (χ2n) is 8.59. The van der Waals surface area contributed by atoms with Crippen LogP contribution in [0.5, 0.6) is 0 Å². The first-order valence-corrected chi connectivity index (χ1v) is 10.3. The molecule has 0 radical (unpaired) electrons. The van der Waals surface area contributed by atoms with E-state index in [0.29, 0.717) is 25.6 Å². The molecule has 28 heavy (non-hydrogen) atoms. The molecule has 0 aliphatic heterocycles. The average Bonchev–Trinajstić information content (AvgIpc) is 3.07. The zero-order valence-electron chi connectivity index (χ0n) is 18.5. The highest BCUT2D eigenvalue weighted by Crippen LogP contribution is 2.39. The van der Waals surface area contributed by atoms with Gasteiger partial charge in [-0.1, -0.05) is 12.8 Å². The van der Waals surface area contributed by atoms with Crippen molar-refractivity contribution in [2.75, 3.05) is 40.3 Å². The monoisotopic (exact) mass is 397 g/mol. The Bertz CT molecular complexity index is 534. The van der Waals surface area contributed by atoms with E-state index in [0.717, 1.165) is 38.6 Å². The number of carbonyl (C=O) groups is 2. The minimum absolute atomic E-state index is 0.172. The molecule has 0 saturated heterocycles. The number of ether oxygens (including phenoxy) is 1. The van der Waals surface area contributed by atoms with Crippen molar-refractivity contribution < 1.29 is 14.3 Å². The van der Waals surface area contributed by atoms with Crippen LogP contribution >= 0.6 is 0 Å². The van der Waals surface area contributed by atoms with Gasteiger partial charge in [0.1, 0.15) is 5.60 Å². The maximum absolute atomic E-state index is 12.7. The lowest BCUT2D eigenvalue weighted by Crippen LogP contribution is -2.43. The van der Waals surface area contributed by atoms with E-state index in [1.807, 2.05) is 41.8 Å². The summed E-state index contributed by atoms with van der Waals surface area (Å²) in [6.45, 7) is 9.95. The van der Waals surface area contributed by atoms with E-state index < -0.39 is 11.7 Å². The minimum atomic E-state index is -0.493. The molecule has 0 spiro atoms. The van der Waals surface area contributed by atoms with Gasteiger partial charge in [0, 0.05) is 33.7 Å². The topological polar surface area (TPSA) is 95.1 Å². The summed E-state index contributed by atoms with van der Waals surface area (Å²) in [5.41, 5.74) is -0.864. The summed E-state index contributed by atoms with van der Waals surface area (Å²) in [4.78, 5) is 30.7. The fourth-order valence-electron chi connectivity index (χ4n) is 3.34. The number of nitrogens with one attached hydrogen (secondary N) is 3. The van der Waals surface area contributed by atoms with E-state index in [2.05, 4.69) is 20.9 Å². The second kappa shape index (κ2) is 11.1. The number of nitrogens with zero attached hydrogens (tertiary/aromatic N) is 2. The third-order valence-corrected chi connectivity index (χ3v) is 4.62. The molecule has 0 aromatic rings. The van der Waals surface area contributed by atoms with Gasteiger partial charge < -0.3 is 25.6 Å². The first-order valence-electron chi connectivity index (χ1n) is 10.3. The van der Waals surface area contributed by atoms with Gasteiger partial charge in [0.25, 0.3) is 0 Å². The minimum Gasteiger partial charge on any atom is -0.444 e. The zero-order chi connectivity index (χ0) is 21.2. The molecule has 0 unspecified atom stereocenters. The number of amides is 2.